The molecule has 0 saturated carbocycles. The summed E-state index contributed by atoms with van der Waals surface area (Å²) in [5, 5.41) is 2.66. The lowest BCUT2D eigenvalue weighted by Crippen LogP contribution is -2.53. The number of amides is 1. The zero-order valence-electron chi connectivity index (χ0n) is 9.52. The molecule has 0 aliphatic carbocycles. The first-order chi connectivity index (χ1) is 8.24. The highest BCUT2D eigenvalue weighted by Gasteiger charge is 2.29. The van der Waals surface area contributed by atoms with Gasteiger partial charge < -0.3 is 15.0 Å². The van der Waals surface area contributed by atoms with Crippen molar-refractivity contribution < 1.29 is 9.53 Å². The quantitative estimate of drug-likeness (QED) is 0.877. The maximum absolute atomic E-state index is 11.8. The molecule has 1 aliphatic rings. The Balaban J connectivity index is 2.28. The Labute approximate surface area is 108 Å². The highest BCUT2D eigenvalue weighted by molar-refractivity contribution is 9.10. The summed E-state index contributed by atoms with van der Waals surface area (Å²) in [5.41, 5.74) is 0.969. The molecule has 17 heavy (non-hydrogen) atoms. The average Bonchev–Trinajstić information content (AvgIpc) is 2.38. The lowest BCUT2D eigenvalue weighted by atomic mass is 10.2. The van der Waals surface area contributed by atoms with Gasteiger partial charge in [0, 0.05) is 26.0 Å². The number of pyridine rings is 1. The van der Waals surface area contributed by atoms with Crippen LogP contribution >= 0.6 is 15.9 Å². The van der Waals surface area contributed by atoms with E-state index in [-0.39, 0.29) is 11.9 Å². The number of likely N-dealkylation sites (N-methyl/N-ethyl adjacent to an activating group) is 1. The van der Waals surface area contributed by atoms with Crippen molar-refractivity contribution >= 4 is 27.5 Å². The maximum atomic E-state index is 11.8. The van der Waals surface area contributed by atoms with Crippen LogP contribution in [0.15, 0.2) is 22.9 Å². The second-order valence-corrected chi connectivity index (χ2v) is 4.58. The van der Waals surface area contributed by atoms with Crippen LogP contribution in [0.25, 0.3) is 0 Å². The molecule has 0 aromatic carbocycles. The average molecular weight is 300 g/mol. The number of ether oxygens (including phenoxy) is 1. The normalized spacial score (nSPS) is 20.1. The van der Waals surface area contributed by atoms with Crippen LogP contribution in [0.1, 0.15) is 0 Å². The van der Waals surface area contributed by atoms with Gasteiger partial charge in [0.2, 0.25) is 5.91 Å². The van der Waals surface area contributed by atoms with Gasteiger partial charge in [-0.3, -0.25) is 9.78 Å². The molecular formula is C11H14BrN3O2. The van der Waals surface area contributed by atoms with E-state index in [9.17, 15) is 4.79 Å². The molecule has 6 heteroatoms. The minimum atomic E-state index is -0.285. The van der Waals surface area contributed by atoms with E-state index < -0.39 is 0 Å². The molecule has 92 valence electrons. The molecule has 0 radical (unpaired) electrons. The number of aromatic nitrogens is 1. The van der Waals surface area contributed by atoms with E-state index in [0.29, 0.717) is 19.8 Å². The van der Waals surface area contributed by atoms with Crippen LogP contribution in [-0.4, -0.2) is 43.7 Å². The zero-order chi connectivity index (χ0) is 12.3. The van der Waals surface area contributed by atoms with Crippen molar-refractivity contribution in [3.63, 3.8) is 0 Å². The van der Waals surface area contributed by atoms with E-state index >= 15 is 0 Å². The van der Waals surface area contributed by atoms with Gasteiger partial charge in [0.05, 0.1) is 23.4 Å². The number of carbonyl (C=O) groups is 1. The summed E-state index contributed by atoms with van der Waals surface area (Å²) < 4.78 is 6.25. The summed E-state index contributed by atoms with van der Waals surface area (Å²) in [6.45, 7) is 1.73. The number of morpholine rings is 1. The molecule has 1 atom stereocenters. The molecule has 0 spiro atoms. The molecule has 0 bridgehead atoms. The monoisotopic (exact) mass is 299 g/mol. The summed E-state index contributed by atoms with van der Waals surface area (Å²) in [6.07, 6.45) is 3.45. The van der Waals surface area contributed by atoms with Crippen molar-refractivity contribution in [3.8, 4) is 0 Å². The Morgan fingerprint density at radius 1 is 1.71 bits per heavy atom. The first kappa shape index (κ1) is 12.3. The van der Waals surface area contributed by atoms with Gasteiger partial charge in [0.15, 0.2) is 0 Å². The minimum absolute atomic E-state index is 0.0339. The van der Waals surface area contributed by atoms with Crippen LogP contribution in [0.4, 0.5) is 5.69 Å². The van der Waals surface area contributed by atoms with E-state index in [4.69, 9.17) is 4.74 Å². The van der Waals surface area contributed by atoms with Gasteiger partial charge in [-0.2, -0.15) is 0 Å². The van der Waals surface area contributed by atoms with E-state index in [1.54, 1.807) is 19.4 Å². The lowest BCUT2D eigenvalue weighted by Gasteiger charge is -2.36. The topological polar surface area (TPSA) is 54.5 Å². The van der Waals surface area contributed by atoms with Gasteiger partial charge in [-0.1, -0.05) is 0 Å². The number of nitrogens with zero attached hydrogens (tertiary/aromatic N) is 2. The van der Waals surface area contributed by atoms with Crippen molar-refractivity contribution in [2.24, 2.45) is 0 Å². The molecule has 1 aliphatic heterocycles. The van der Waals surface area contributed by atoms with Crippen molar-refractivity contribution in [3.05, 3.63) is 22.9 Å². The van der Waals surface area contributed by atoms with E-state index in [1.807, 2.05) is 11.0 Å². The first-order valence-electron chi connectivity index (χ1n) is 5.39. The van der Waals surface area contributed by atoms with Crippen LogP contribution < -0.4 is 10.2 Å². The number of hydrogen-bond acceptors (Lipinski definition) is 4. The molecule has 1 saturated heterocycles. The standard InChI is InChI=1S/C11H14BrN3O2/c1-13-11(16)10-7-17-5-4-15(10)9-2-3-14-6-8(9)12/h2-3,6,10H,4-5,7H2,1H3,(H,13,16). The van der Waals surface area contributed by atoms with Crippen LogP contribution in [-0.2, 0) is 9.53 Å². The predicted octanol–water partition coefficient (Wildman–Crippen LogP) is 0.795. The predicted molar refractivity (Wildman–Crippen MR) is 68.0 cm³/mol. The van der Waals surface area contributed by atoms with Crippen molar-refractivity contribution in [1.82, 2.24) is 10.3 Å². The number of nitrogens with one attached hydrogen (secondary N) is 1. The molecule has 1 N–H and O–H groups in total. The summed E-state index contributed by atoms with van der Waals surface area (Å²) in [5.74, 6) is -0.0339. The molecule has 1 fully saturated rings. The Morgan fingerprint density at radius 2 is 2.53 bits per heavy atom. The number of hydrogen-bond donors (Lipinski definition) is 1. The number of rotatable bonds is 2. The van der Waals surface area contributed by atoms with Gasteiger partial charge in [-0.15, -0.1) is 0 Å². The Bertz CT molecular complexity index is 413. The molecule has 2 heterocycles. The third-order valence-electron chi connectivity index (χ3n) is 2.74. The fraction of sp³-hybridized carbons (Fsp3) is 0.455. The Kier molecular flexibility index (Phi) is 3.96. The zero-order valence-corrected chi connectivity index (χ0v) is 11.1. The van der Waals surface area contributed by atoms with Gasteiger partial charge in [-0.05, 0) is 22.0 Å². The van der Waals surface area contributed by atoms with Gasteiger partial charge in [-0.25, -0.2) is 0 Å². The van der Waals surface area contributed by atoms with Crippen molar-refractivity contribution in [2.45, 2.75) is 6.04 Å². The molecular weight excluding hydrogens is 286 g/mol. The van der Waals surface area contributed by atoms with Crippen molar-refractivity contribution in [2.75, 3.05) is 31.7 Å². The van der Waals surface area contributed by atoms with E-state index in [2.05, 4.69) is 26.2 Å². The summed E-state index contributed by atoms with van der Waals surface area (Å²) >= 11 is 3.45. The SMILES string of the molecule is CNC(=O)C1COCCN1c1ccncc1Br. The van der Waals surface area contributed by atoms with Gasteiger partial charge >= 0.3 is 0 Å². The minimum Gasteiger partial charge on any atom is -0.377 e. The van der Waals surface area contributed by atoms with Crippen LogP contribution in [0.5, 0.6) is 0 Å². The second kappa shape index (κ2) is 5.46. The Hall–Kier alpha value is -1.14. The third kappa shape index (κ3) is 2.58. The van der Waals surface area contributed by atoms with E-state index in [0.717, 1.165) is 10.2 Å². The highest BCUT2D eigenvalue weighted by Crippen LogP contribution is 2.27. The molecule has 2 rings (SSSR count). The molecule has 1 aromatic rings. The highest BCUT2D eigenvalue weighted by atomic mass is 79.9. The lowest BCUT2D eigenvalue weighted by molar-refractivity contribution is -0.124. The molecule has 1 aromatic heterocycles. The van der Waals surface area contributed by atoms with E-state index in [1.165, 1.54) is 0 Å². The largest absolute Gasteiger partial charge is 0.377 e. The van der Waals surface area contributed by atoms with Crippen LogP contribution in [0.2, 0.25) is 0 Å². The molecule has 1 unspecified atom stereocenters. The van der Waals surface area contributed by atoms with Gasteiger partial charge in [0.25, 0.3) is 0 Å². The van der Waals surface area contributed by atoms with Crippen LogP contribution in [0, 0.1) is 0 Å². The summed E-state index contributed by atoms with van der Waals surface area (Å²) in [7, 11) is 1.64. The second-order valence-electron chi connectivity index (χ2n) is 3.73. The van der Waals surface area contributed by atoms with Gasteiger partial charge in [0.1, 0.15) is 6.04 Å². The fourth-order valence-corrected chi connectivity index (χ4v) is 2.35. The first-order valence-corrected chi connectivity index (χ1v) is 6.19. The smallest absolute Gasteiger partial charge is 0.244 e. The summed E-state index contributed by atoms with van der Waals surface area (Å²) in [4.78, 5) is 17.9. The van der Waals surface area contributed by atoms with Crippen LogP contribution in [0.3, 0.4) is 0 Å². The molecule has 1 amide bonds. The number of anilines is 1. The number of halogens is 1. The maximum Gasteiger partial charge on any atom is 0.244 e. The third-order valence-corrected chi connectivity index (χ3v) is 3.35. The fourth-order valence-electron chi connectivity index (χ4n) is 1.88. The summed E-state index contributed by atoms with van der Waals surface area (Å²) in [6, 6.07) is 1.61. The van der Waals surface area contributed by atoms with Crippen molar-refractivity contribution in [1.29, 1.82) is 0 Å². The molecule has 5 nitrogen and oxygen atoms in total. The Morgan fingerprint density at radius 3 is 3.24 bits per heavy atom. The number of carbonyl (C=O) groups excluding carboxylic acids is 1.